The van der Waals surface area contributed by atoms with Gasteiger partial charge in [0.25, 0.3) is 0 Å². The van der Waals surface area contributed by atoms with Gasteiger partial charge in [0.2, 0.25) is 15.9 Å². The highest BCUT2D eigenvalue weighted by molar-refractivity contribution is 7.89. The van der Waals surface area contributed by atoms with E-state index in [4.69, 9.17) is 9.26 Å². The first-order chi connectivity index (χ1) is 12.6. The molecule has 9 heteroatoms. The highest BCUT2D eigenvalue weighted by Gasteiger charge is 2.29. The number of hydrogen-bond donors (Lipinski definition) is 1. The van der Waals surface area contributed by atoms with E-state index in [0.717, 1.165) is 9.87 Å². The first-order valence-electron chi connectivity index (χ1n) is 8.45. The summed E-state index contributed by atoms with van der Waals surface area (Å²) < 4.78 is 37.5. The summed E-state index contributed by atoms with van der Waals surface area (Å²) in [4.78, 5) is 12.6. The number of nitrogens with zero attached hydrogens (tertiary/aromatic N) is 2. The van der Waals surface area contributed by atoms with E-state index in [0.29, 0.717) is 16.9 Å². The molecule has 1 amide bonds. The second kappa shape index (κ2) is 8.64. The summed E-state index contributed by atoms with van der Waals surface area (Å²) in [5.74, 6) is 0.273. The normalized spacial score (nSPS) is 11.8. The monoisotopic (exact) mass is 395 g/mol. The van der Waals surface area contributed by atoms with Gasteiger partial charge in [0.05, 0.1) is 18.0 Å². The molecule has 8 nitrogen and oxygen atoms in total. The topological polar surface area (TPSA) is 102 Å². The van der Waals surface area contributed by atoms with E-state index in [9.17, 15) is 13.2 Å². The van der Waals surface area contributed by atoms with E-state index in [-0.39, 0.29) is 30.4 Å². The Morgan fingerprint density at radius 1 is 1.19 bits per heavy atom. The quantitative estimate of drug-likeness (QED) is 0.735. The number of rotatable bonds is 8. The van der Waals surface area contributed by atoms with Gasteiger partial charge in [-0.1, -0.05) is 22.9 Å². The van der Waals surface area contributed by atoms with Crippen LogP contribution in [0.1, 0.15) is 22.5 Å². The standard InChI is InChI=1S/C18H25N3O5S/c1-12-8-13(2)18(14(3)9-12)27(23,24)21(6-7-25-5)11-17(22)19-16-10-15(4)26-20-16/h8-10H,6-7,11H2,1-5H3,(H,19,20,22). The molecule has 1 aromatic carbocycles. The molecule has 0 saturated carbocycles. The summed E-state index contributed by atoms with van der Waals surface area (Å²) in [6.45, 7) is 6.97. The van der Waals surface area contributed by atoms with Crippen molar-refractivity contribution in [1.29, 1.82) is 0 Å². The van der Waals surface area contributed by atoms with Crippen molar-refractivity contribution >= 4 is 21.7 Å². The molecular weight excluding hydrogens is 370 g/mol. The SMILES string of the molecule is COCCN(CC(=O)Nc1cc(C)on1)S(=O)(=O)c1c(C)cc(C)cc1C. The third kappa shape index (κ3) is 5.15. The van der Waals surface area contributed by atoms with Gasteiger partial charge in [-0.15, -0.1) is 0 Å². The molecule has 0 spiro atoms. The number of nitrogens with one attached hydrogen (secondary N) is 1. The number of carbonyl (C=O) groups excluding carboxylic acids is 1. The number of amides is 1. The zero-order valence-corrected chi connectivity index (χ0v) is 17.0. The molecule has 148 valence electrons. The van der Waals surface area contributed by atoms with Crippen molar-refractivity contribution in [3.8, 4) is 0 Å². The Labute approximate surface area is 159 Å². The highest BCUT2D eigenvalue weighted by Crippen LogP contribution is 2.25. The molecule has 27 heavy (non-hydrogen) atoms. The molecule has 0 fully saturated rings. The third-order valence-electron chi connectivity index (χ3n) is 3.96. The molecule has 0 aliphatic rings. The Morgan fingerprint density at radius 3 is 2.33 bits per heavy atom. The molecule has 0 aliphatic heterocycles. The van der Waals surface area contributed by atoms with Crippen molar-refractivity contribution < 1.29 is 22.5 Å². The van der Waals surface area contributed by atoms with Gasteiger partial charge in [0, 0.05) is 19.7 Å². The lowest BCUT2D eigenvalue weighted by Gasteiger charge is -2.23. The highest BCUT2D eigenvalue weighted by atomic mass is 32.2. The number of sulfonamides is 1. The van der Waals surface area contributed by atoms with Gasteiger partial charge in [-0.2, -0.15) is 4.31 Å². The maximum Gasteiger partial charge on any atom is 0.244 e. The van der Waals surface area contributed by atoms with E-state index in [1.807, 2.05) is 19.1 Å². The van der Waals surface area contributed by atoms with Crippen LogP contribution >= 0.6 is 0 Å². The zero-order chi connectivity index (χ0) is 20.2. The van der Waals surface area contributed by atoms with Crippen LogP contribution in [-0.4, -0.2) is 50.6 Å². The van der Waals surface area contributed by atoms with Crippen LogP contribution in [0.4, 0.5) is 5.82 Å². The number of carbonyl (C=O) groups is 1. The number of anilines is 1. The van der Waals surface area contributed by atoms with Crippen molar-refractivity contribution in [2.45, 2.75) is 32.6 Å². The molecule has 2 rings (SSSR count). The van der Waals surface area contributed by atoms with Crippen molar-refractivity contribution in [2.24, 2.45) is 0 Å². The number of benzene rings is 1. The fraction of sp³-hybridized carbons (Fsp3) is 0.444. The molecule has 1 heterocycles. The summed E-state index contributed by atoms with van der Waals surface area (Å²) in [7, 11) is -2.41. The van der Waals surface area contributed by atoms with Gasteiger partial charge >= 0.3 is 0 Å². The van der Waals surface area contributed by atoms with Crippen molar-refractivity contribution in [1.82, 2.24) is 9.46 Å². The summed E-state index contributed by atoms with van der Waals surface area (Å²) >= 11 is 0. The number of aryl methyl sites for hydroxylation is 4. The lowest BCUT2D eigenvalue weighted by Crippen LogP contribution is -2.40. The second-order valence-corrected chi connectivity index (χ2v) is 8.30. The fourth-order valence-electron chi connectivity index (χ4n) is 2.95. The number of hydrogen-bond acceptors (Lipinski definition) is 6. The van der Waals surface area contributed by atoms with Gasteiger partial charge in [-0.3, -0.25) is 4.79 Å². The van der Waals surface area contributed by atoms with Crippen molar-refractivity contribution in [3.63, 3.8) is 0 Å². The molecule has 2 aromatic rings. The molecule has 0 bridgehead atoms. The average molecular weight is 395 g/mol. The van der Waals surface area contributed by atoms with Crippen LogP contribution in [0.5, 0.6) is 0 Å². The number of methoxy groups -OCH3 is 1. The maximum atomic E-state index is 13.2. The lowest BCUT2D eigenvalue weighted by atomic mass is 10.1. The first kappa shape index (κ1) is 21.1. The number of aromatic nitrogens is 1. The predicted molar refractivity (Wildman–Crippen MR) is 101 cm³/mol. The summed E-state index contributed by atoms with van der Waals surface area (Å²) in [5, 5.41) is 6.22. The molecule has 1 N–H and O–H groups in total. The van der Waals surface area contributed by atoms with Gasteiger partial charge in [0.15, 0.2) is 5.82 Å². The minimum atomic E-state index is -3.88. The Hall–Kier alpha value is -2.23. The molecule has 0 unspecified atom stereocenters. The summed E-state index contributed by atoms with van der Waals surface area (Å²) in [6.07, 6.45) is 0. The van der Waals surface area contributed by atoms with Gasteiger partial charge < -0.3 is 14.6 Å². The molecular formula is C18H25N3O5S. The smallest absolute Gasteiger partial charge is 0.244 e. The van der Waals surface area contributed by atoms with Crippen LogP contribution in [0.15, 0.2) is 27.6 Å². The Balaban J connectivity index is 2.30. The van der Waals surface area contributed by atoms with Gasteiger partial charge in [0.1, 0.15) is 5.76 Å². The molecule has 0 radical (unpaired) electrons. The zero-order valence-electron chi connectivity index (χ0n) is 16.2. The van der Waals surface area contributed by atoms with Crippen LogP contribution in [0.25, 0.3) is 0 Å². The van der Waals surface area contributed by atoms with Crippen LogP contribution < -0.4 is 5.32 Å². The van der Waals surface area contributed by atoms with E-state index < -0.39 is 15.9 Å². The van der Waals surface area contributed by atoms with E-state index >= 15 is 0 Å². The van der Waals surface area contributed by atoms with E-state index in [2.05, 4.69) is 10.5 Å². The minimum Gasteiger partial charge on any atom is -0.383 e. The average Bonchev–Trinajstić information content (AvgIpc) is 2.94. The third-order valence-corrected chi connectivity index (χ3v) is 6.11. The largest absolute Gasteiger partial charge is 0.383 e. The van der Waals surface area contributed by atoms with Crippen LogP contribution in [0.2, 0.25) is 0 Å². The lowest BCUT2D eigenvalue weighted by molar-refractivity contribution is -0.116. The second-order valence-electron chi connectivity index (χ2n) is 6.43. The Kier molecular flexibility index (Phi) is 6.74. The van der Waals surface area contributed by atoms with E-state index in [1.54, 1.807) is 26.8 Å². The molecule has 1 aromatic heterocycles. The van der Waals surface area contributed by atoms with Gasteiger partial charge in [-0.25, -0.2) is 8.42 Å². The summed E-state index contributed by atoms with van der Waals surface area (Å²) in [6, 6.07) is 5.18. The van der Waals surface area contributed by atoms with Crippen LogP contribution in [0.3, 0.4) is 0 Å². The minimum absolute atomic E-state index is 0.0524. The van der Waals surface area contributed by atoms with Crippen LogP contribution in [0, 0.1) is 27.7 Å². The summed E-state index contributed by atoms with van der Waals surface area (Å²) in [5.41, 5.74) is 2.26. The Morgan fingerprint density at radius 2 is 1.81 bits per heavy atom. The van der Waals surface area contributed by atoms with E-state index in [1.165, 1.54) is 7.11 Å². The number of ether oxygens (including phenoxy) is 1. The molecule has 0 aliphatic carbocycles. The van der Waals surface area contributed by atoms with Crippen molar-refractivity contribution in [2.75, 3.05) is 32.1 Å². The molecule has 0 saturated heterocycles. The maximum absolute atomic E-state index is 13.2. The van der Waals surface area contributed by atoms with Crippen LogP contribution in [-0.2, 0) is 19.6 Å². The first-order valence-corrected chi connectivity index (χ1v) is 9.89. The fourth-order valence-corrected chi connectivity index (χ4v) is 4.74. The molecule has 0 atom stereocenters. The van der Waals surface area contributed by atoms with Crippen molar-refractivity contribution in [3.05, 3.63) is 40.6 Å². The Bertz CT molecular complexity index is 898. The predicted octanol–water partition coefficient (Wildman–Crippen LogP) is 2.18. The van der Waals surface area contributed by atoms with Gasteiger partial charge in [-0.05, 0) is 38.8 Å².